The van der Waals surface area contributed by atoms with Crippen LogP contribution in [0.1, 0.15) is 29.7 Å². The van der Waals surface area contributed by atoms with Gasteiger partial charge in [0.25, 0.3) is 0 Å². The summed E-state index contributed by atoms with van der Waals surface area (Å²) in [7, 11) is 0. The Morgan fingerprint density at radius 2 is 2.00 bits per heavy atom. The van der Waals surface area contributed by atoms with Crippen molar-refractivity contribution >= 4 is 11.3 Å². The lowest BCUT2D eigenvalue weighted by molar-refractivity contribution is 0.212. The topological polar surface area (TPSA) is 29.5 Å². The molecule has 2 rings (SSSR count). The normalized spacial score (nSPS) is 12.4. The Kier molecular flexibility index (Phi) is 3.82. The van der Waals surface area contributed by atoms with Crippen molar-refractivity contribution in [1.29, 1.82) is 0 Å². The number of rotatable bonds is 4. The standard InChI is InChI=1S/C14H16O2S/c1-3-16-13-7-5-4-6-11(13)14(15)12-9-17-8-10(12)2/h4-9,14-15H,3H2,1-2H3. The number of benzene rings is 1. The summed E-state index contributed by atoms with van der Waals surface area (Å²) in [6, 6.07) is 7.64. The third kappa shape index (κ3) is 2.51. The molecule has 0 aliphatic carbocycles. The Labute approximate surface area is 105 Å². The van der Waals surface area contributed by atoms with Gasteiger partial charge in [-0.1, -0.05) is 18.2 Å². The van der Waals surface area contributed by atoms with E-state index in [2.05, 4.69) is 0 Å². The maximum absolute atomic E-state index is 10.4. The molecule has 1 aromatic heterocycles. The molecule has 1 heterocycles. The summed E-state index contributed by atoms with van der Waals surface area (Å²) in [6.45, 7) is 4.56. The molecule has 2 nitrogen and oxygen atoms in total. The molecule has 0 aliphatic rings. The van der Waals surface area contributed by atoms with Crippen LogP contribution in [0.4, 0.5) is 0 Å². The van der Waals surface area contributed by atoms with Crippen molar-refractivity contribution in [3.05, 3.63) is 51.7 Å². The summed E-state index contributed by atoms with van der Waals surface area (Å²) < 4.78 is 5.54. The Bertz CT molecular complexity index is 490. The molecule has 1 unspecified atom stereocenters. The van der Waals surface area contributed by atoms with Crippen LogP contribution in [-0.4, -0.2) is 11.7 Å². The maximum Gasteiger partial charge on any atom is 0.125 e. The van der Waals surface area contributed by atoms with Crippen LogP contribution in [0.2, 0.25) is 0 Å². The zero-order valence-electron chi connectivity index (χ0n) is 10.0. The van der Waals surface area contributed by atoms with Gasteiger partial charge in [0.05, 0.1) is 6.61 Å². The van der Waals surface area contributed by atoms with E-state index >= 15 is 0 Å². The van der Waals surface area contributed by atoms with Gasteiger partial charge in [-0.2, -0.15) is 11.3 Å². The van der Waals surface area contributed by atoms with E-state index in [0.29, 0.717) is 6.61 Å². The lowest BCUT2D eigenvalue weighted by Gasteiger charge is -2.15. The zero-order chi connectivity index (χ0) is 12.3. The van der Waals surface area contributed by atoms with E-state index in [1.165, 1.54) is 0 Å². The summed E-state index contributed by atoms with van der Waals surface area (Å²) in [5.74, 6) is 0.758. The van der Waals surface area contributed by atoms with E-state index in [0.717, 1.165) is 22.4 Å². The third-order valence-corrected chi connectivity index (χ3v) is 3.58. The molecular weight excluding hydrogens is 232 g/mol. The van der Waals surface area contributed by atoms with Crippen molar-refractivity contribution in [3.63, 3.8) is 0 Å². The van der Waals surface area contributed by atoms with E-state index in [1.807, 2.05) is 48.9 Å². The Balaban J connectivity index is 2.37. The number of hydrogen-bond acceptors (Lipinski definition) is 3. The molecule has 17 heavy (non-hydrogen) atoms. The molecule has 90 valence electrons. The SMILES string of the molecule is CCOc1ccccc1C(O)c1cscc1C. The van der Waals surface area contributed by atoms with Crippen LogP contribution >= 0.6 is 11.3 Å². The quantitative estimate of drug-likeness (QED) is 0.896. The second-order valence-corrected chi connectivity index (χ2v) is 4.63. The summed E-state index contributed by atoms with van der Waals surface area (Å²) in [5, 5.41) is 14.4. The number of aliphatic hydroxyl groups is 1. The lowest BCUT2D eigenvalue weighted by atomic mass is 10.0. The monoisotopic (exact) mass is 248 g/mol. The third-order valence-electron chi connectivity index (χ3n) is 2.70. The highest BCUT2D eigenvalue weighted by molar-refractivity contribution is 7.08. The van der Waals surface area contributed by atoms with Crippen LogP contribution in [0.25, 0.3) is 0 Å². The second kappa shape index (κ2) is 5.34. The lowest BCUT2D eigenvalue weighted by Crippen LogP contribution is -2.04. The minimum atomic E-state index is -0.607. The molecule has 0 amide bonds. The number of thiophene rings is 1. The number of para-hydroxylation sites is 1. The van der Waals surface area contributed by atoms with Gasteiger partial charge in [0.1, 0.15) is 11.9 Å². The van der Waals surface area contributed by atoms with Crippen molar-refractivity contribution in [1.82, 2.24) is 0 Å². The van der Waals surface area contributed by atoms with Gasteiger partial charge in [-0.15, -0.1) is 0 Å². The first kappa shape index (κ1) is 12.1. The van der Waals surface area contributed by atoms with Gasteiger partial charge in [0, 0.05) is 5.56 Å². The summed E-state index contributed by atoms with van der Waals surface area (Å²) >= 11 is 1.61. The average molecular weight is 248 g/mol. The Morgan fingerprint density at radius 3 is 2.65 bits per heavy atom. The van der Waals surface area contributed by atoms with Crippen LogP contribution < -0.4 is 4.74 Å². The fourth-order valence-electron chi connectivity index (χ4n) is 1.81. The number of hydrogen-bond donors (Lipinski definition) is 1. The minimum Gasteiger partial charge on any atom is -0.493 e. The number of aryl methyl sites for hydroxylation is 1. The van der Waals surface area contributed by atoms with Crippen LogP contribution in [0.3, 0.4) is 0 Å². The van der Waals surface area contributed by atoms with Gasteiger partial charge >= 0.3 is 0 Å². The molecule has 0 fully saturated rings. The van der Waals surface area contributed by atoms with Gasteiger partial charge in [0.2, 0.25) is 0 Å². The molecule has 0 bridgehead atoms. The number of aliphatic hydroxyl groups excluding tert-OH is 1. The first-order valence-electron chi connectivity index (χ1n) is 5.66. The molecule has 0 aliphatic heterocycles. The largest absolute Gasteiger partial charge is 0.493 e. The van der Waals surface area contributed by atoms with E-state index in [1.54, 1.807) is 11.3 Å². The first-order valence-corrected chi connectivity index (χ1v) is 6.60. The van der Waals surface area contributed by atoms with Gasteiger partial charge in [-0.3, -0.25) is 0 Å². The molecule has 0 spiro atoms. The molecule has 1 aromatic carbocycles. The summed E-state index contributed by atoms with van der Waals surface area (Å²) in [4.78, 5) is 0. The van der Waals surface area contributed by atoms with E-state index in [9.17, 15) is 5.11 Å². The van der Waals surface area contributed by atoms with Crippen LogP contribution in [0, 0.1) is 6.92 Å². The Hall–Kier alpha value is -1.32. The summed E-state index contributed by atoms with van der Waals surface area (Å²) in [6.07, 6.45) is -0.607. The van der Waals surface area contributed by atoms with E-state index in [-0.39, 0.29) is 0 Å². The van der Waals surface area contributed by atoms with Crippen molar-refractivity contribution in [2.24, 2.45) is 0 Å². The maximum atomic E-state index is 10.4. The fourth-order valence-corrected chi connectivity index (χ4v) is 2.68. The smallest absolute Gasteiger partial charge is 0.125 e. The fraction of sp³-hybridized carbons (Fsp3) is 0.286. The zero-order valence-corrected chi connectivity index (χ0v) is 10.8. The molecular formula is C14H16O2S. The predicted octanol–water partition coefficient (Wildman–Crippen LogP) is 3.54. The summed E-state index contributed by atoms with van der Waals surface area (Å²) in [5.41, 5.74) is 2.91. The highest BCUT2D eigenvalue weighted by Crippen LogP contribution is 2.32. The van der Waals surface area contributed by atoms with E-state index in [4.69, 9.17) is 4.74 Å². The second-order valence-electron chi connectivity index (χ2n) is 3.88. The molecule has 1 N–H and O–H groups in total. The van der Waals surface area contributed by atoms with Gasteiger partial charge in [-0.05, 0) is 41.8 Å². The molecule has 0 radical (unpaired) electrons. The van der Waals surface area contributed by atoms with Gasteiger partial charge < -0.3 is 9.84 Å². The van der Waals surface area contributed by atoms with Crippen LogP contribution in [0.15, 0.2) is 35.0 Å². The predicted molar refractivity (Wildman–Crippen MR) is 70.7 cm³/mol. The molecule has 0 saturated carbocycles. The van der Waals surface area contributed by atoms with E-state index < -0.39 is 6.10 Å². The van der Waals surface area contributed by atoms with Crippen molar-refractivity contribution in [3.8, 4) is 5.75 Å². The number of ether oxygens (including phenoxy) is 1. The Morgan fingerprint density at radius 1 is 1.24 bits per heavy atom. The van der Waals surface area contributed by atoms with Crippen LogP contribution in [0.5, 0.6) is 5.75 Å². The first-order chi connectivity index (χ1) is 8.24. The van der Waals surface area contributed by atoms with Crippen molar-refractivity contribution in [2.75, 3.05) is 6.61 Å². The molecule has 1 atom stereocenters. The highest BCUT2D eigenvalue weighted by Gasteiger charge is 2.17. The average Bonchev–Trinajstić information content (AvgIpc) is 2.76. The molecule has 0 saturated heterocycles. The van der Waals surface area contributed by atoms with Crippen molar-refractivity contribution in [2.45, 2.75) is 20.0 Å². The van der Waals surface area contributed by atoms with Crippen LogP contribution in [-0.2, 0) is 0 Å². The molecule has 3 heteroatoms. The van der Waals surface area contributed by atoms with Gasteiger partial charge in [-0.25, -0.2) is 0 Å². The highest BCUT2D eigenvalue weighted by atomic mass is 32.1. The minimum absolute atomic E-state index is 0.604. The van der Waals surface area contributed by atoms with Crippen molar-refractivity contribution < 1.29 is 9.84 Å². The molecule has 2 aromatic rings. The van der Waals surface area contributed by atoms with Gasteiger partial charge in [0.15, 0.2) is 0 Å².